The molecule has 0 bridgehead atoms. The number of pyridine rings is 1. The Morgan fingerprint density at radius 3 is 1.09 bits per heavy atom. The van der Waals surface area contributed by atoms with Crippen molar-refractivity contribution in [3.05, 3.63) is 491 Å². The summed E-state index contributed by atoms with van der Waals surface area (Å²) in [7, 11) is 0. The molecular formula is C129H81N11S. The van der Waals surface area contributed by atoms with E-state index in [9.17, 15) is 0 Å². The van der Waals surface area contributed by atoms with E-state index in [1.54, 1.807) is 0 Å². The highest BCUT2D eigenvalue weighted by atomic mass is 32.1. The number of rotatable bonds is 12. The fraction of sp³-hybridized carbons (Fsp3) is 0. The summed E-state index contributed by atoms with van der Waals surface area (Å²) < 4.78 is 12.1. The van der Waals surface area contributed by atoms with Crippen molar-refractivity contribution in [2.75, 3.05) is 0 Å². The summed E-state index contributed by atoms with van der Waals surface area (Å²) in [6.07, 6.45) is 0. The number of hydrogen-bond donors (Lipinski definition) is 0. The smallest absolute Gasteiger partial charge is 0.164 e. The van der Waals surface area contributed by atoms with Gasteiger partial charge in [0.2, 0.25) is 0 Å². The third-order valence-electron chi connectivity index (χ3n) is 27.6. The Kier molecular flexibility index (Phi) is 19.9. The van der Waals surface area contributed by atoms with E-state index in [0.717, 1.165) is 88.8 Å². The zero-order chi connectivity index (χ0) is 93.0. The van der Waals surface area contributed by atoms with Gasteiger partial charge >= 0.3 is 0 Å². The summed E-state index contributed by atoms with van der Waals surface area (Å²) >= 11 is 1.87. The highest BCUT2D eigenvalue weighted by Crippen LogP contribution is 2.48. The van der Waals surface area contributed by atoms with E-state index < -0.39 is 0 Å². The van der Waals surface area contributed by atoms with E-state index in [1.165, 1.54) is 140 Å². The van der Waals surface area contributed by atoms with Crippen LogP contribution in [0.1, 0.15) is 0 Å². The number of fused-ring (bicyclic) bond motifs is 22. The number of nitrogens with zero attached hydrogens (tertiary/aromatic N) is 11. The topological polar surface area (TPSA) is 110 Å². The van der Waals surface area contributed by atoms with Crippen molar-refractivity contribution < 1.29 is 0 Å². The van der Waals surface area contributed by atoms with Crippen molar-refractivity contribution in [2.45, 2.75) is 0 Å². The van der Waals surface area contributed by atoms with E-state index in [0.29, 0.717) is 34.9 Å². The molecule has 0 fully saturated rings. The molecule has 0 radical (unpaired) electrons. The minimum atomic E-state index is 0.648. The van der Waals surface area contributed by atoms with Crippen molar-refractivity contribution in [3.8, 4) is 113 Å². The molecule has 12 heteroatoms. The van der Waals surface area contributed by atoms with E-state index >= 15 is 0 Å². The molecule has 0 aliphatic heterocycles. The second-order valence-corrected chi connectivity index (χ2v) is 36.8. The van der Waals surface area contributed by atoms with Crippen LogP contribution in [0.5, 0.6) is 0 Å². The molecule has 658 valence electrons. The van der Waals surface area contributed by atoms with Gasteiger partial charge in [0.15, 0.2) is 34.9 Å². The first-order valence-electron chi connectivity index (χ1n) is 47.6. The van der Waals surface area contributed by atoms with Crippen molar-refractivity contribution in [3.63, 3.8) is 0 Å². The molecule has 0 amide bonds. The van der Waals surface area contributed by atoms with Crippen molar-refractivity contribution >= 4 is 162 Å². The lowest BCUT2D eigenvalue weighted by atomic mass is 10.00. The standard InChI is InChI=1S/C45H28N4.C45H29N3.C39H24N4S/c1-3-15-31(16-4-1)43-46-44(32-17-5-2-6-18-32)48-45(47-43)37-25-28-38(36-22-12-11-21-35(36)37)49-39-26-23-29-13-7-9-19-33(29)41(39)42-34-20-10-8-14-30(34)24-27-40(42)49;1-3-13-30(14-4-1)37-29-45(46-40-20-10-7-17-34(37)40)48-42-22-12-9-19-36(42)39-28-32(24-26-44(39)48)31-23-25-43-38(27-31)35-18-8-11-21-41(35)47(43)33-15-5-2-6-16-33;1-4-12-25(13-5-1)37-40-38(26-14-6-2-7-15-26)42-39(41-37)27-20-21-31-33(24-27)43(28-16-8-3-9-17-28)32-23-22-30-29-18-10-11-19-34(29)44-36(30)35(31)32/h1-28H;1-29H;1-24H. The van der Waals surface area contributed by atoms with Crippen LogP contribution < -0.4 is 0 Å². The van der Waals surface area contributed by atoms with Gasteiger partial charge in [0, 0.05) is 119 Å². The number of para-hydroxylation sites is 5. The second kappa shape index (κ2) is 34.3. The van der Waals surface area contributed by atoms with Gasteiger partial charge in [-0.15, -0.1) is 11.3 Å². The third-order valence-corrected chi connectivity index (χ3v) is 28.8. The number of thiophene rings is 1. The monoisotopic (exact) mass is 1820 g/mol. The summed E-state index contributed by atoms with van der Waals surface area (Å²) in [5, 5.41) is 20.9. The van der Waals surface area contributed by atoms with Crippen molar-refractivity contribution in [1.29, 1.82) is 0 Å². The molecule has 0 aliphatic carbocycles. The lowest BCUT2D eigenvalue weighted by molar-refractivity contribution is 1.07. The van der Waals surface area contributed by atoms with Gasteiger partial charge in [0.05, 0.1) is 55.3 Å². The SMILES string of the molecule is c1ccc(-c2cc(-n3c4ccccc4c4cc(-c5ccc6c(c5)c5ccccc5n6-c5ccccc5)ccc43)nc3ccccc23)cc1.c1ccc(-c2nc(-c3ccccc3)nc(-c3ccc(-n4c5ccc6ccccc6c5c5c6ccccc6ccc54)c4ccccc34)n2)cc1.c1ccc(-c2nc(-c3ccccc3)nc(-c3ccc4c5c6sc7ccccc7c6ccc5n(-c5ccccc5)c4c3)n2)cc1. The maximum Gasteiger partial charge on any atom is 0.164 e. The summed E-state index contributed by atoms with van der Waals surface area (Å²) in [5.41, 5.74) is 24.3. The largest absolute Gasteiger partial charge is 0.309 e. The fourth-order valence-corrected chi connectivity index (χ4v) is 22.4. The molecule has 11 nitrogen and oxygen atoms in total. The zero-order valence-electron chi connectivity index (χ0n) is 76.1. The molecule has 29 rings (SSSR count). The van der Waals surface area contributed by atoms with Gasteiger partial charge in [0.25, 0.3) is 0 Å². The first-order valence-corrected chi connectivity index (χ1v) is 48.4. The van der Waals surface area contributed by atoms with E-state index in [4.69, 9.17) is 34.9 Å². The van der Waals surface area contributed by atoms with Crippen LogP contribution in [0, 0.1) is 0 Å². The number of aromatic nitrogens is 11. The Morgan fingerprint density at radius 2 is 0.546 bits per heavy atom. The highest BCUT2D eigenvalue weighted by molar-refractivity contribution is 7.26. The Morgan fingerprint density at radius 1 is 0.170 bits per heavy atom. The molecule has 29 aromatic rings. The predicted molar refractivity (Wildman–Crippen MR) is 588 cm³/mol. The molecule has 0 atom stereocenters. The first kappa shape index (κ1) is 81.8. The Balaban J connectivity index is 0.000000106. The summed E-state index contributed by atoms with van der Waals surface area (Å²) in [4.78, 5) is 35.2. The Bertz CT molecular complexity index is 9790. The molecule has 141 heavy (non-hydrogen) atoms. The lowest BCUT2D eigenvalue weighted by Gasteiger charge is -2.15. The molecule has 0 spiro atoms. The highest BCUT2D eigenvalue weighted by Gasteiger charge is 2.26. The van der Waals surface area contributed by atoms with Crippen LogP contribution in [0.15, 0.2) is 491 Å². The molecule has 0 aliphatic rings. The Labute approximate surface area is 814 Å². The van der Waals surface area contributed by atoms with E-state index in [-0.39, 0.29) is 0 Å². The van der Waals surface area contributed by atoms with Gasteiger partial charge in [-0.1, -0.05) is 376 Å². The van der Waals surface area contributed by atoms with Gasteiger partial charge in [-0.05, 0) is 164 Å². The van der Waals surface area contributed by atoms with Crippen molar-refractivity contribution in [1.82, 2.24) is 53.2 Å². The molecule has 0 saturated carbocycles. The van der Waals surface area contributed by atoms with E-state index in [1.807, 2.05) is 133 Å². The third kappa shape index (κ3) is 14.1. The van der Waals surface area contributed by atoms with Crippen LogP contribution in [0.2, 0.25) is 0 Å². The van der Waals surface area contributed by atoms with Crippen LogP contribution in [0.4, 0.5) is 0 Å². The molecule has 8 aromatic heterocycles. The minimum absolute atomic E-state index is 0.648. The predicted octanol–water partition coefficient (Wildman–Crippen LogP) is 33.5. The number of benzene rings is 21. The van der Waals surface area contributed by atoms with Gasteiger partial charge in [-0.25, -0.2) is 34.9 Å². The maximum atomic E-state index is 5.24. The van der Waals surface area contributed by atoms with Crippen LogP contribution in [-0.2, 0) is 0 Å². The van der Waals surface area contributed by atoms with Crippen molar-refractivity contribution in [2.24, 2.45) is 0 Å². The molecule has 0 unspecified atom stereocenters. The van der Waals surface area contributed by atoms with E-state index in [2.05, 4.69) is 388 Å². The summed E-state index contributed by atoms with van der Waals surface area (Å²) in [5.74, 6) is 4.83. The minimum Gasteiger partial charge on any atom is -0.309 e. The molecule has 8 heterocycles. The second-order valence-electron chi connectivity index (χ2n) is 35.7. The van der Waals surface area contributed by atoms with Crippen LogP contribution in [0.25, 0.3) is 264 Å². The number of hydrogen-bond acceptors (Lipinski definition) is 8. The zero-order valence-corrected chi connectivity index (χ0v) is 76.9. The van der Waals surface area contributed by atoms with Gasteiger partial charge in [0.1, 0.15) is 5.82 Å². The molecular weight excluding hydrogens is 1740 g/mol. The van der Waals surface area contributed by atoms with Crippen LogP contribution in [-0.4, -0.2) is 53.2 Å². The average Bonchev–Trinajstić information content (AvgIpc) is 1.56. The lowest BCUT2D eigenvalue weighted by Crippen LogP contribution is -2.01. The van der Waals surface area contributed by atoms with Gasteiger partial charge in [-0.3, -0.25) is 4.57 Å². The van der Waals surface area contributed by atoms with Gasteiger partial charge in [-0.2, -0.15) is 0 Å². The summed E-state index contributed by atoms with van der Waals surface area (Å²) in [6, 6.07) is 174. The molecule has 0 N–H and O–H groups in total. The maximum absolute atomic E-state index is 5.24. The summed E-state index contributed by atoms with van der Waals surface area (Å²) in [6.45, 7) is 0. The Hall–Kier alpha value is -18.8. The fourth-order valence-electron chi connectivity index (χ4n) is 21.2. The molecule has 21 aromatic carbocycles. The average molecular weight is 1820 g/mol. The normalized spacial score (nSPS) is 11.7. The van der Waals surface area contributed by atoms with Gasteiger partial charge < -0.3 is 13.7 Å². The quantitative estimate of drug-likeness (QED) is 0.120. The first-order chi connectivity index (χ1) is 69.9. The van der Waals surface area contributed by atoms with Crippen LogP contribution >= 0.6 is 11.3 Å². The van der Waals surface area contributed by atoms with Crippen LogP contribution in [0.3, 0.4) is 0 Å². The molecule has 0 saturated heterocycles.